The van der Waals surface area contributed by atoms with Gasteiger partial charge in [-0.05, 0) is 13.8 Å². The van der Waals surface area contributed by atoms with E-state index in [4.69, 9.17) is 5.73 Å². The third-order valence-electron chi connectivity index (χ3n) is 2.78. The molecule has 2 rings (SSSR count). The summed E-state index contributed by atoms with van der Waals surface area (Å²) in [5, 5.41) is 4.27. The number of nitrogens with two attached hydrogens (primary N) is 1. The van der Waals surface area contributed by atoms with Crippen LogP contribution in [0.1, 0.15) is 24.1 Å². The van der Waals surface area contributed by atoms with E-state index in [0.29, 0.717) is 0 Å². The van der Waals surface area contributed by atoms with Gasteiger partial charge < -0.3 is 5.73 Å². The van der Waals surface area contributed by atoms with Gasteiger partial charge in [-0.25, -0.2) is 0 Å². The quantitative estimate of drug-likeness (QED) is 0.836. The summed E-state index contributed by atoms with van der Waals surface area (Å²) in [6.07, 6.45) is 1.85. The maximum absolute atomic E-state index is 5.94. The van der Waals surface area contributed by atoms with Crippen LogP contribution in [0.25, 0.3) is 11.3 Å². The van der Waals surface area contributed by atoms with Gasteiger partial charge >= 0.3 is 0 Å². The van der Waals surface area contributed by atoms with E-state index >= 15 is 0 Å². The SMILES string of the molecule is Cc1ccc(-c2c(C(C)N)cnn2C)cc1. The highest BCUT2D eigenvalue weighted by Gasteiger charge is 2.13. The molecule has 0 bridgehead atoms. The molecule has 1 aromatic carbocycles. The van der Waals surface area contributed by atoms with Crippen molar-refractivity contribution >= 4 is 0 Å². The van der Waals surface area contributed by atoms with E-state index in [1.165, 1.54) is 5.56 Å². The average Bonchev–Trinajstić information content (AvgIpc) is 2.62. The second-order valence-electron chi connectivity index (χ2n) is 4.23. The van der Waals surface area contributed by atoms with Crippen LogP contribution in [0.4, 0.5) is 0 Å². The predicted molar refractivity (Wildman–Crippen MR) is 66.0 cm³/mol. The molecule has 0 fully saturated rings. The lowest BCUT2D eigenvalue weighted by molar-refractivity contribution is 0.772. The van der Waals surface area contributed by atoms with Crippen molar-refractivity contribution in [2.45, 2.75) is 19.9 Å². The topological polar surface area (TPSA) is 43.8 Å². The van der Waals surface area contributed by atoms with Crippen molar-refractivity contribution in [3.8, 4) is 11.3 Å². The van der Waals surface area contributed by atoms with E-state index in [2.05, 4.69) is 36.3 Å². The molecule has 84 valence electrons. The lowest BCUT2D eigenvalue weighted by Crippen LogP contribution is -2.06. The Morgan fingerprint density at radius 1 is 1.25 bits per heavy atom. The first-order chi connectivity index (χ1) is 7.59. The van der Waals surface area contributed by atoms with Crippen molar-refractivity contribution < 1.29 is 0 Å². The summed E-state index contributed by atoms with van der Waals surface area (Å²) in [6, 6.07) is 8.43. The summed E-state index contributed by atoms with van der Waals surface area (Å²) in [4.78, 5) is 0. The van der Waals surface area contributed by atoms with Crippen LogP contribution in [0.15, 0.2) is 30.5 Å². The number of hydrogen-bond acceptors (Lipinski definition) is 2. The molecule has 0 aliphatic heterocycles. The lowest BCUT2D eigenvalue weighted by atomic mass is 10.0. The van der Waals surface area contributed by atoms with Crippen LogP contribution in [0.3, 0.4) is 0 Å². The van der Waals surface area contributed by atoms with Gasteiger partial charge in [-0.1, -0.05) is 29.8 Å². The van der Waals surface area contributed by atoms with E-state index in [-0.39, 0.29) is 6.04 Å². The Kier molecular flexibility index (Phi) is 2.79. The number of benzene rings is 1. The van der Waals surface area contributed by atoms with Crippen LogP contribution in [-0.2, 0) is 7.05 Å². The standard InChI is InChI=1S/C13H17N3/c1-9-4-6-11(7-5-9)13-12(10(2)14)8-15-16(13)3/h4-8,10H,14H2,1-3H3. The van der Waals surface area contributed by atoms with Crippen LogP contribution < -0.4 is 5.73 Å². The van der Waals surface area contributed by atoms with Gasteiger partial charge in [0.1, 0.15) is 0 Å². The highest BCUT2D eigenvalue weighted by atomic mass is 15.3. The predicted octanol–water partition coefficient (Wildman–Crippen LogP) is 2.42. The van der Waals surface area contributed by atoms with E-state index in [1.807, 2.05) is 24.9 Å². The van der Waals surface area contributed by atoms with Crippen LogP contribution >= 0.6 is 0 Å². The molecule has 1 heterocycles. The van der Waals surface area contributed by atoms with E-state index in [9.17, 15) is 0 Å². The molecule has 0 aliphatic rings. The van der Waals surface area contributed by atoms with E-state index < -0.39 is 0 Å². The third kappa shape index (κ3) is 1.86. The molecule has 3 nitrogen and oxygen atoms in total. The minimum Gasteiger partial charge on any atom is -0.324 e. The molecular weight excluding hydrogens is 198 g/mol. The second-order valence-corrected chi connectivity index (χ2v) is 4.23. The molecule has 3 heteroatoms. The smallest absolute Gasteiger partial charge is 0.0726 e. The maximum Gasteiger partial charge on any atom is 0.0726 e. The second kappa shape index (κ2) is 4.10. The Morgan fingerprint density at radius 3 is 2.44 bits per heavy atom. The monoisotopic (exact) mass is 215 g/mol. The number of hydrogen-bond donors (Lipinski definition) is 1. The normalized spacial score (nSPS) is 12.8. The summed E-state index contributed by atoms with van der Waals surface area (Å²) in [7, 11) is 1.95. The largest absolute Gasteiger partial charge is 0.324 e. The fourth-order valence-electron chi connectivity index (χ4n) is 1.85. The summed E-state index contributed by atoms with van der Waals surface area (Å²) >= 11 is 0. The van der Waals surface area contributed by atoms with Crippen molar-refractivity contribution in [2.75, 3.05) is 0 Å². The fraction of sp³-hybridized carbons (Fsp3) is 0.308. The summed E-state index contributed by atoms with van der Waals surface area (Å²) < 4.78 is 1.88. The van der Waals surface area contributed by atoms with Crippen LogP contribution in [0, 0.1) is 6.92 Å². The molecule has 1 aromatic heterocycles. The number of aromatic nitrogens is 2. The van der Waals surface area contributed by atoms with E-state index in [1.54, 1.807) is 0 Å². The Bertz CT molecular complexity index is 480. The summed E-state index contributed by atoms with van der Waals surface area (Å²) in [6.45, 7) is 4.06. The van der Waals surface area contributed by atoms with Gasteiger partial charge in [-0.15, -0.1) is 0 Å². The van der Waals surface area contributed by atoms with Gasteiger partial charge in [0.15, 0.2) is 0 Å². The van der Waals surface area contributed by atoms with Crippen molar-refractivity contribution in [3.05, 3.63) is 41.6 Å². The van der Waals surface area contributed by atoms with Gasteiger partial charge in [0.2, 0.25) is 0 Å². The fourth-order valence-corrected chi connectivity index (χ4v) is 1.85. The minimum absolute atomic E-state index is 0.00463. The molecule has 2 aromatic rings. The Hall–Kier alpha value is -1.61. The molecular formula is C13H17N3. The van der Waals surface area contributed by atoms with Gasteiger partial charge in [-0.3, -0.25) is 4.68 Å². The molecule has 0 radical (unpaired) electrons. The highest BCUT2D eigenvalue weighted by molar-refractivity contribution is 5.64. The Balaban J connectivity index is 2.54. The minimum atomic E-state index is 0.00463. The van der Waals surface area contributed by atoms with Crippen molar-refractivity contribution in [1.82, 2.24) is 9.78 Å². The van der Waals surface area contributed by atoms with Crippen molar-refractivity contribution in [1.29, 1.82) is 0 Å². The summed E-state index contributed by atoms with van der Waals surface area (Å²) in [5.74, 6) is 0. The van der Waals surface area contributed by atoms with Crippen molar-refractivity contribution in [3.63, 3.8) is 0 Å². The van der Waals surface area contributed by atoms with Crippen LogP contribution in [-0.4, -0.2) is 9.78 Å². The van der Waals surface area contributed by atoms with Gasteiger partial charge in [-0.2, -0.15) is 5.10 Å². The van der Waals surface area contributed by atoms with Crippen LogP contribution in [0.2, 0.25) is 0 Å². The zero-order valence-electron chi connectivity index (χ0n) is 9.94. The zero-order chi connectivity index (χ0) is 11.7. The first kappa shape index (κ1) is 10.9. The number of nitrogens with zero attached hydrogens (tertiary/aromatic N) is 2. The first-order valence-corrected chi connectivity index (χ1v) is 5.44. The zero-order valence-corrected chi connectivity index (χ0v) is 9.94. The molecule has 0 saturated carbocycles. The van der Waals surface area contributed by atoms with E-state index in [0.717, 1.165) is 16.8 Å². The van der Waals surface area contributed by atoms with Gasteiger partial charge in [0, 0.05) is 24.2 Å². The number of rotatable bonds is 2. The molecule has 0 saturated heterocycles. The molecule has 1 unspecified atom stereocenters. The summed E-state index contributed by atoms with van der Waals surface area (Å²) in [5.41, 5.74) is 10.6. The van der Waals surface area contributed by atoms with Gasteiger partial charge in [0.25, 0.3) is 0 Å². The van der Waals surface area contributed by atoms with Crippen LogP contribution in [0.5, 0.6) is 0 Å². The molecule has 0 amide bonds. The third-order valence-corrected chi connectivity index (χ3v) is 2.78. The molecule has 16 heavy (non-hydrogen) atoms. The maximum atomic E-state index is 5.94. The Morgan fingerprint density at radius 2 is 1.88 bits per heavy atom. The Labute approximate surface area is 95.9 Å². The van der Waals surface area contributed by atoms with Gasteiger partial charge in [0.05, 0.1) is 11.9 Å². The average molecular weight is 215 g/mol. The molecule has 0 spiro atoms. The molecule has 2 N–H and O–H groups in total. The number of aryl methyl sites for hydroxylation is 2. The van der Waals surface area contributed by atoms with Crippen molar-refractivity contribution in [2.24, 2.45) is 12.8 Å². The molecule has 0 aliphatic carbocycles. The first-order valence-electron chi connectivity index (χ1n) is 5.44. The lowest BCUT2D eigenvalue weighted by Gasteiger charge is -2.09. The molecule has 1 atom stereocenters. The highest BCUT2D eigenvalue weighted by Crippen LogP contribution is 2.26.